The van der Waals surface area contributed by atoms with Crippen molar-refractivity contribution in [3.05, 3.63) is 35.9 Å². The molecule has 0 bridgehead atoms. The van der Waals surface area contributed by atoms with Crippen LogP contribution in [0.3, 0.4) is 0 Å². The number of carbonyl (C=O) groups excluding carboxylic acids is 3. The van der Waals surface area contributed by atoms with E-state index >= 15 is 0 Å². The van der Waals surface area contributed by atoms with Crippen LogP contribution >= 0.6 is 0 Å². The number of terminal acetylenes is 1. The van der Waals surface area contributed by atoms with Gasteiger partial charge in [-0.05, 0) is 0 Å². The zero-order chi connectivity index (χ0) is 15.5. The van der Waals surface area contributed by atoms with Crippen LogP contribution in [0.5, 0.6) is 0 Å². The third kappa shape index (κ3) is 6.92. The van der Waals surface area contributed by atoms with Gasteiger partial charge in [0.1, 0.15) is 0 Å². The van der Waals surface area contributed by atoms with Crippen molar-refractivity contribution in [2.75, 3.05) is 13.1 Å². The molecule has 0 fully saturated rings. The van der Waals surface area contributed by atoms with Crippen LogP contribution in [0, 0.1) is 12.3 Å². The molecular weight excluding hydrogens is 268 g/mol. The van der Waals surface area contributed by atoms with Crippen molar-refractivity contribution in [2.24, 2.45) is 0 Å². The Morgan fingerprint density at radius 1 is 0.952 bits per heavy atom. The molecule has 0 heterocycles. The molecule has 0 saturated heterocycles. The minimum Gasteiger partial charge on any atom is -0.356 e. The van der Waals surface area contributed by atoms with E-state index in [1.54, 1.807) is 24.3 Å². The second kappa shape index (κ2) is 9.32. The van der Waals surface area contributed by atoms with Gasteiger partial charge >= 0.3 is 0 Å². The molecule has 2 N–H and O–H groups in total. The first kappa shape index (κ1) is 16.4. The van der Waals surface area contributed by atoms with Crippen molar-refractivity contribution in [2.45, 2.75) is 19.3 Å². The Labute approximate surface area is 124 Å². The van der Waals surface area contributed by atoms with Gasteiger partial charge in [0.25, 0.3) is 0 Å². The van der Waals surface area contributed by atoms with Crippen LogP contribution in [-0.4, -0.2) is 30.7 Å². The Hall–Kier alpha value is -2.61. The lowest BCUT2D eigenvalue weighted by atomic mass is 10.1. The van der Waals surface area contributed by atoms with Gasteiger partial charge in [0.05, 0.1) is 6.54 Å². The molecule has 0 radical (unpaired) electrons. The van der Waals surface area contributed by atoms with Gasteiger partial charge in [0.2, 0.25) is 11.8 Å². The Bertz CT molecular complexity index is 532. The molecule has 1 aromatic carbocycles. The highest BCUT2D eigenvalue weighted by Crippen LogP contribution is 2.04. The number of nitrogens with one attached hydrogen (secondary N) is 2. The molecule has 1 aromatic rings. The van der Waals surface area contributed by atoms with Crippen molar-refractivity contribution in [3.8, 4) is 12.3 Å². The summed E-state index contributed by atoms with van der Waals surface area (Å²) in [5.74, 6) is 1.76. The lowest BCUT2D eigenvalue weighted by molar-refractivity contribution is -0.122. The highest BCUT2D eigenvalue weighted by Gasteiger charge is 2.09. The van der Waals surface area contributed by atoms with Gasteiger partial charge in [0, 0.05) is 31.4 Å². The van der Waals surface area contributed by atoms with Crippen LogP contribution < -0.4 is 10.6 Å². The summed E-state index contributed by atoms with van der Waals surface area (Å²) >= 11 is 0. The third-order valence-corrected chi connectivity index (χ3v) is 2.74. The topological polar surface area (TPSA) is 75.3 Å². The summed E-state index contributed by atoms with van der Waals surface area (Å²) in [5.41, 5.74) is 0.596. The predicted molar refractivity (Wildman–Crippen MR) is 79.5 cm³/mol. The van der Waals surface area contributed by atoms with Crippen LogP contribution in [0.2, 0.25) is 0 Å². The lowest BCUT2D eigenvalue weighted by Gasteiger charge is -2.05. The Kier molecular flexibility index (Phi) is 7.30. The van der Waals surface area contributed by atoms with E-state index in [9.17, 15) is 14.4 Å². The molecule has 0 unspecified atom stereocenters. The number of hydrogen-bond donors (Lipinski definition) is 2. The van der Waals surface area contributed by atoms with Gasteiger partial charge in [-0.15, -0.1) is 6.42 Å². The van der Waals surface area contributed by atoms with E-state index in [0.29, 0.717) is 5.56 Å². The second-order valence-corrected chi connectivity index (χ2v) is 4.37. The largest absolute Gasteiger partial charge is 0.356 e. The fourth-order valence-electron chi connectivity index (χ4n) is 1.64. The first-order valence-electron chi connectivity index (χ1n) is 6.68. The number of Topliss-reactive ketones (excluding diaryl/α,β-unsaturated/α-hetero) is 1. The van der Waals surface area contributed by atoms with E-state index < -0.39 is 0 Å². The summed E-state index contributed by atoms with van der Waals surface area (Å²) in [4.78, 5) is 34.6. The minimum absolute atomic E-state index is 0.0717. The van der Waals surface area contributed by atoms with Gasteiger partial charge in [-0.1, -0.05) is 36.3 Å². The van der Waals surface area contributed by atoms with Gasteiger partial charge in [-0.25, -0.2) is 0 Å². The van der Waals surface area contributed by atoms with Crippen LogP contribution in [0.15, 0.2) is 30.3 Å². The Morgan fingerprint density at radius 2 is 1.62 bits per heavy atom. The second-order valence-electron chi connectivity index (χ2n) is 4.37. The zero-order valence-corrected chi connectivity index (χ0v) is 11.7. The molecule has 0 aliphatic heterocycles. The summed E-state index contributed by atoms with van der Waals surface area (Å²) in [6.07, 6.45) is 5.43. The van der Waals surface area contributed by atoms with Crippen LogP contribution in [0.25, 0.3) is 0 Å². The molecule has 2 amide bonds. The van der Waals surface area contributed by atoms with Gasteiger partial charge in [-0.2, -0.15) is 0 Å². The molecule has 0 aromatic heterocycles. The smallest absolute Gasteiger partial charge is 0.222 e. The van der Waals surface area contributed by atoms with Gasteiger partial charge in [-0.3, -0.25) is 14.4 Å². The average Bonchev–Trinajstić information content (AvgIpc) is 2.51. The van der Waals surface area contributed by atoms with Crippen molar-refractivity contribution >= 4 is 17.6 Å². The normalized spacial score (nSPS) is 9.48. The highest BCUT2D eigenvalue weighted by atomic mass is 16.2. The maximum absolute atomic E-state index is 11.8. The summed E-state index contributed by atoms with van der Waals surface area (Å²) in [6.45, 7) is 0.410. The van der Waals surface area contributed by atoms with E-state index in [4.69, 9.17) is 6.42 Å². The predicted octanol–water partition coefficient (Wildman–Crippen LogP) is 0.905. The van der Waals surface area contributed by atoms with E-state index in [1.165, 1.54) is 0 Å². The summed E-state index contributed by atoms with van der Waals surface area (Å²) in [7, 11) is 0. The maximum Gasteiger partial charge on any atom is 0.222 e. The zero-order valence-electron chi connectivity index (χ0n) is 11.7. The lowest BCUT2D eigenvalue weighted by Crippen LogP contribution is -2.31. The van der Waals surface area contributed by atoms with Crippen LogP contribution in [0.1, 0.15) is 29.6 Å². The van der Waals surface area contributed by atoms with Gasteiger partial charge in [0.15, 0.2) is 5.78 Å². The van der Waals surface area contributed by atoms with Crippen molar-refractivity contribution < 1.29 is 14.4 Å². The van der Waals surface area contributed by atoms with E-state index in [2.05, 4.69) is 16.6 Å². The third-order valence-electron chi connectivity index (χ3n) is 2.74. The number of benzene rings is 1. The monoisotopic (exact) mass is 286 g/mol. The molecule has 5 heteroatoms. The maximum atomic E-state index is 11.8. The fourth-order valence-corrected chi connectivity index (χ4v) is 1.64. The number of ketones is 1. The number of hydrogen-bond acceptors (Lipinski definition) is 3. The summed E-state index contributed by atoms with van der Waals surface area (Å²) in [5, 5.41) is 5.09. The van der Waals surface area contributed by atoms with E-state index in [0.717, 1.165) is 0 Å². The molecule has 5 nitrogen and oxygen atoms in total. The van der Waals surface area contributed by atoms with Crippen molar-refractivity contribution in [3.63, 3.8) is 0 Å². The Morgan fingerprint density at radius 3 is 2.29 bits per heavy atom. The number of carbonyl (C=O) groups is 3. The standard InChI is InChI=1S/C16H18N2O3/c1-2-11-17-16(21)10-12-18-15(20)9-8-14(19)13-6-4-3-5-7-13/h1,3-7H,8-12H2,(H,17,21)(H,18,20). The first-order valence-corrected chi connectivity index (χ1v) is 6.68. The quantitative estimate of drug-likeness (QED) is 0.551. The first-order chi connectivity index (χ1) is 10.1. The minimum atomic E-state index is -0.246. The number of rotatable bonds is 8. The molecular formula is C16H18N2O3. The molecule has 0 aliphatic carbocycles. The van der Waals surface area contributed by atoms with Crippen molar-refractivity contribution in [1.82, 2.24) is 10.6 Å². The molecule has 0 saturated carbocycles. The average molecular weight is 286 g/mol. The van der Waals surface area contributed by atoms with Crippen LogP contribution in [0.4, 0.5) is 0 Å². The van der Waals surface area contributed by atoms with E-state index in [-0.39, 0.29) is 49.9 Å². The Balaban J connectivity index is 2.18. The SMILES string of the molecule is C#CCNC(=O)CCNC(=O)CCC(=O)c1ccccc1. The van der Waals surface area contributed by atoms with Gasteiger partial charge < -0.3 is 10.6 Å². The summed E-state index contributed by atoms with van der Waals surface area (Å²) < 4.78 is 0. The molecule has 1 rings (SSSR count). The highest BCUT2D eigenvalue weighted by molar-refractivity contribution is 5.97. The van der Waals surface area contributed by atoms with E-state index in [1.807, 2.05) is 6.07 Å². The molecule has 0 aliphatic rings. The number of amides is 2. The fraction of sp³-hybridized carbons (Fsp3) is 0.312. The van der Waals surface area contributed by atoms with Crippen LogP contribution in [-0.2, 0) is 9.59 Å². The van der Waals surface area contributed by atoms with Crippen molar-refractivity contribution in [1.29, 1.82) is 0 Å². The molecule has 21 heavy (non-hydrogen) atoms. The molecule has 0 atom stereocenters. The summed E-state index contributed by atoms with van der Waals surface area (Å²) in [6, 6.07) is 8.82. The molecule has 110 valence electrons. The molecule has 0 spiro atoms.